The summed E-state index contributed by atoms with van der Waals surface area (Å²) in [6.45, 7) is 0. The second-order valence-electron chi connectivity index (χ2n) is 3.15. The third-order valence-corrected chi connectivity index (χ3v) is 2.70. The number of nitro benzene ring substituents is 2. The van der Waals surface area contributed by atoms with E-state index >= 15 is 0 Å². The zero-order valence-electron chi connectivity index (χ0n) is 8.33. The smallest absolute Gasteiger partial charge is 0.258 e. The minimum atomic E-state index is -0.873. The number of rotatable bonds is 2. The van der Waals surface area contributed by atoms with Gasteiger partial charge in [0.05, 0.1) is 33.0 Å². The van der Waals surface area contributed by atoms with Crippen molar-refractivity contribution in [3.63, 3.8) is 0 Å². The summed E-state index contributed by atoms with van der Waals surface area (Å²) in [6, 6.07) is 1.87. The Hall–Kier alpha value is -2.06. The summed E-state index contributed by atoms with van der Waals surface area (Å²) in [5, 5.41) is 21.2. The topological polar surface area (TPSA) is 112 Å². The van der Waals surface area contributed by atoms with Gasteiger partial charge in [-0.25, -0.2) is 9.97 Å². The lowest BCUT2D eigenvalue weighted by Crippen LogP contribution is -1.98. The van der Waals surface area contributed by atoms with Crippen molar-refractivity contribution in [1.29, 1.82) is 0 Å². The minimum absolute atomic E-state index is 0.0571. The first kappa shape index (κ1) is 12.4. The molecule has 0 aliphatic carbocycles. The van der Waals surface area contributed by atoms with Crippen LogP contribution in [0.2, 0.25) is 10.3 Å². The lowest BCUT2D eigenvalue weighted by atomic mass is 10.2. The average Bonchev–Trinajstić information content (AvgIpc) is 2.28. The molecule has 10 heteroatoms. The van der Waals surface area contributed by atoms with Crippen molar-refractivity contribution in [2.24, 2.45) is 0 Å². The van der Waals surface area contributed by atoms with E-state index in [4.69, 9.17) is 23.2 Å². The Labute approximate surface area is 108 Å². The molecule has 1 aromatic heterocycles. The Bertz CT molecular complexity index is 632. The number of halogens is 2. The zero-order chi connectivity index (χ0) is 13.4. The van der Waals surface area contributed by atoms with Crippen LogP contribution in [0.1, 0.15) is 0 Å². The summed E-state index contributed by atoms with van der Waals surface area (Å²) in [7, 11) is 0. The van der Waals surface area contributed by atoms with Crippen molar-refractivity contribution >= 4 is 45.6 Å². The van der Waals surface area contributed by atoms with E-state index < -0.39 is 21.2 Å². The molecule has 18 heavy (non-hydrogen) atoms. The Balaban J connectivity index is 2.84. The molecular formula is C8H2Cl2N4O4. The van der Waals surface area contributed by atoms with Gasteiger partial charge in [0, 0.05) is 0 Å². The van der Waals surface area contributed by atoms with Crippen LogP contribution in [0.5, 0.6) is 0 Å². The fourth-order valence-corrected chi connectivity index (χ4v) is 1.60. The second-order valence-corrected chi connectivity index (χ2v) is 3.87. The van der Waals surface area contributed by atoms with Crippen LogP contribution in [-0.4, -0.2) is 19.8 Å². The largest absolute Gasteiger partial charge is 0.348 e. The Morgan fingerprint density at radius 1 is 0.889 bits per heavy atom. The van der Waals surface area contributed by atoms with Crippen LogP contribution in [-0.2, 0) is 0 Å². The normalized spacial score (nSPS) is 10.6. The number of nitro groups is 2. The first-order chi connectivity index (χ1) is 8.40. The van der Waals surface area contributed by atoms with Crippen molar-refractivity contribution in [1.82, 2.24) is 9.97 Å². The van der Waals surface area contributed by atoms with Crippen molar-refractivity contribution in [3.05, 3.63) is 42.7 Å². The molecule has 0 unspecified atom stereocenters. The third kappa shape index (κ3) is 2.03. The Morgan fingerprint density at radius 3 is 1.50 bits per heavy atom. The number of fused-ring (bicyclic) bond motifs is 1. The highest BCUT2D eigenvalue weighted by Crippen LogP contribution is 2.32. The van der Waals surface area contributed by atoms with Gasteiger partial charge in [0.15, 0.2) is 10.3 Å². The first-order valence-electron chi connectivity index (χ1n) is 4.35. The molecule has 0 N–H and O–H groups in total. The molecule has 0 bridgehead atoms. The van der Waals surface area contributed by atoms with Gasteiger partial charge in [0.1, 0.15) is 0 Å². The molecule has 0 fully saturated rings. The molecule has 1 heterocycles. The molecule has 0 spiro atoms. The number of aromatic nitrogens is 2. The van der Waals surface area contributed by atoms with Crippen LogP contribution >= 0.6 is 23.2 Å². The molecule has 0 atom stereocenters. The highest BCUT2D eigenvalue weighted by atomic mass is 35.5. The van der Waals surface area contributed by atoms with Gasteiger partial charge in [0.25, 0.3) is 0 Å². The molecule has 2 aromatic rings. The molecular weight excluding hydrogens is 287 g/mol. The summed E-state index contributed by atoms with van der Waals surface area (Å²) < 4.78 is 0. The van der Waals surface area contributed by atoms with Crippen molar-refractivity contribution in [2.45, 2.75) is 0 Å². The molecule has 0 aliphatic rings. The summed E-state index contributed by atoms with van der Waals surface area (Å²) in [6.07, 6.45) is 0. The van der Waals surface area contributed by atoms with E-state index in [0.29, 0.717) is 0 Å². The fourth-order valence-electron chi connectivity index (χ4n) is 1.33. The van der Waals surface area contributed by atoms with Gasteiger partial charge in [-0.2, -0.15) is 0 Å². The minimum Gasteiger partial charge on any atom is -0.258 e. The van der Waals surface area contributed by atoms with Crippen molar-refractivity contribution in [3.8, 4) is 0 Å². The number of hydrogen-bond acceptors (Lipinski definition) is 6. The SMILES string of the molecule is O=[N+]([O-])c1cc2nc(Cl)c(Cl)nc2cc1[N+](=O)[O-]. The van der Waals surface area contributed by atoms with Crippen LogP contribution in [0.4, 0.5) is 11.4 Å². The predicted molar refractivity (Wildman–Crippen MR) is 62.9 cm³/mol. The van der Waals surface area contributed by atoms with E-state index in [9.17, 15) is 20.2 Å². The maximum absolute atomic E-state index is 10.7. The fraction of sp³-hybridized carbons (Fsp3) is 0. The second kappa shape index (κ2) is 4.31. The summed E-state index contributed by atoms with van der Waals surface area (Å²) >= 11 is 11.2. The van der Waals surface area contributed by atoms with Gasteiger partial charge in [-0.3, -0.25) is 20.2 Å². The molecule has 92 valence electrons. The molecule has 0 aliphatic heterocycles. The van der Waals surface area contributed by atoms with Gasteiger partial charge in [0.2, 0.25) is 0 Å². The van der Waals surface area contributed by atoms with Crippen LogP contribution in [0.15, 0.2) is 12.1 Å². The van der Waals surface area contributed by atoms with E-state index in [1.807, 2.05) is 0 Å². The third-order valence-electron chi connectivity index (χ3n) is 2.07. The van der Waals surface area contributed by atoms with Gasteiger partial charge in [-0.1, -0.05) is 23.2 Å². The van der Waals surface area contributed by atoms with Gasteiger partial charge in [-0.05, 0) is 0 Å². The lowest BCUT2D eigenvalue weighted by molar-refractivity contribution is -0.422. The lowest BCUT2D eigenvalue weighted by Gasteiger charge is -2.00. The number of benzene rings is 1. The highest BCUT2D eigenvalue weighted by Gasteiger charge is 2.26. The zero-order valence-corrected chi connectivity index (χ0v) is 9.84. The Morgan fingerprint density at radius 2 is 1.22 bits per heavy atom. The standard InChI is InChI=1S/C8H2Cl2N4O4/c9-7-8(10)12-4-2-6(14(17)18)5(13(15)16)1-3(4)11-7/h1-2H. The number of hydrogen-bond donors (Lipinski definition) is 0. The molecule has 0 saturated carbocycles. The van der Waals surface area contributed by atoms with E-state index in [1.54, 1.807) is 0 Å². The molecule has 2 rings (SSSR count). The average molecular weight is 289 g/mol. The van der Waals surface area contributed by atoms with E-state index in [1.165, 1.54) is 0 Å². The molecule has 1 aromatic carbocycles. The van der Waals surface area contributed by atoms with Crippen LogP contribution in [0, 0.1) is 20.2 Å². The summed E-state index contributed by atoms with van der Waals surface area (Å²) in [4.78, 5) is 27.2. The highest BCUT2D eigenvalue weighted by molar-refractivity contribution is 6.40. The Kier molecular flexibility index (Phi) is 2.97. The summed E-state index contributed by atoms with van der Waals surface area (Å²) in [5.41, 5.74) is -1.25. The van der Waals surface area contributed by atoms with E-state index in [0.717, 1.165) is 12.1 Å². The first-order valence-corrected chi connectivity index (χ1v) is 5.11. The van der Waals surface area contributed by atoms with Crippen molar-refractivity contribution < 1.29 is 9.85 Å². The maximum Gasteiger partial charge on any atom is 0.348 e. The van der Waals surface area contributed by atoms with Gasteiger partial charge < -0.3 is 0 Å². The van der Waals surface area contributed by atoms with Gasteiger partial charge >= 0.3 is 11.4 Å². The van der Waals surface area contributed by atoms with Crippen LogP contribution in [0.25, 0.3) is 11.0 Å². The van der Waals surface area contributed by atoms with Gasteiger partial charge in [-0.15, -0.1) is 0 Å². The summed E-state index contributed by atoms with van der Waals surface area (Å²) in [5.74, 6) is 0. The quantitative estimate of drug-likeness (QED) is 0.620. The molecule has 0 radical (unpaired) electrons. The van der Waals surface area contributed by atoms with Crippen LogP contribution in [0.3, 0.4) is 0 Å². The molecule has 0 amide bonds. The predicted octanol–water partition coefficient (Wildman–Crippen LogP) is 2.75. The van der Waals surface area contributed by atoms with E-state index in [-0.39, 0.29) is 21.3 Å². The van der Waals surface area contributed by atoms with Crippen LogP contribution < -0.4 is 0 Å². The van der Waals surface area contributed by atoms with Crippen molar-refractivity contribution in [2.75, 3.05) is 0 Å². The molecule has 0 saturated heterocycles. The number of nitrogens with zero attached hydrogens (tertiary/aromatic N) is 4. The van der Waals surface area contributed by atoms with E-state index in [2.05, 4.69) is 9.97 Å². The monoisotopic (exact) mass is 288 g/mol. The molecule has 8 nitrogen and oxygen atoms in total. The maximum atomic E-state index is 10.7.